The number of anilines is 2. The number of ether oxygens (including phenoxy) is 1. The fraction of sp³-hybridized carbons (Fsp3) is 0.200. The molecule has 0 unspecified atom stereocenters. The number of carbonyl (C=O) groups is 1. The van der Waals surface area contributed by atoms with E-state index in [1.807, 2.05) is 13.0 Å². The molecule has 8 nitrogen and oxygen atoms in total. The third kappa shape index (κ3) is 5.87. The van der Waals surface area contributed by atoms with Gasteiger partial charge >= 0.3 is 6.18 Å². The van der Waals surface area contributed by atoms with Gasteiger partial charge in [-0.25, -0.2) is 4.68 Å². The molecule has 186 valence electrons. The molecule has 0 saturated carbocycles. The van der Waals surface area contributed by atoms with Crippen LogP contribution in [-0.2, 0) is 10.9 Å². The Balaban J connectivity index is 1.59. The highest BCUT2D eigenvalue weighted by Gasteiger charge is 2.31. The number of pyridine rings is 1. The standard InChI is InChI=1S/C25H23F3N6O2/c1-16-5-6-17(10-23(16)34-15-22(32-33-34)18-4-3-7-29-14-18)24(35)31-21-12-19(25(26,27)28)11-20(13-21)30-8-9-36-2/h3-7,10-15,30H,8-9H2,1-2H3,(H,31,35). The van der Waals surface area contributed by atoms with Crippen molar-refractivity contribution in [1.29, 1.82) is 0 Å². The van der Waals surface area contributed by atoms with E-state index in [9.17, 15) is 18.0 Å². The Morgan fingerprint density at radius 3 is 2.64 bits per heavy atom. The molecule has 0 atom stereocenters. The molecule has 4 rings (SSSR count). The zero-order valence-electron chi connectivity index (χ0n) is 19.5. The van der Waals surface area contributed by atoms with Gasteiger partial charge in [0.1, 0.15) is 5.69 Å². The second-order valence-corrected chi connectivity index (χ2v) is 7.96. The fourth-order valence-corrected chi connectivity index (χ4v) is 3.49. The summed E-state index contributed by atoms with van der Waals surface area (Å²) in [5.41, 5.74) is 2.43. The van der Waals surface area contributed by atoms with Gasteiger partial charge in [0, 0.05) is 48.5 Å². The van der Waals surface area contributed by atoms with E-state index in [1.165, 1.54) is 17.9 Å². The second-order valence-electron chi connectivity index (χ2n) is 7.96. The molecule has 0 aliphatic carbocycles. The first kappa shape index (κ1) is 24.9. The molecule has 0 radical (unpaired) electrons. The number of hydrogen-bond acceptors (Lipinski definition) is 6. The average Bonchev–Trinajstić information content (AvgIpc) is 3.34. The Kier molecular flexibility index (Phi) is 7.30. The number of methoxy groups -OCH3 is 1. The first-order valence-electron chi connectivity index (χ1n) is 10.9. The highest BCUT2D eigenvalue weighted by atomic mass is 19.4. The lowest BCUT2D eigenvalue weighted by atomic mass is 10.1. The van der Waals surface area contributed by atoms with Gasteiger partial charge in [-0.15, -0.1) is 5.10 Å². The zero-order chi connectivity index (χ0) is 25.7. The van der Waals surface area contributed by atoms with E-state index in [0.717, 1.165) is 23.3 Å². The van der Waals surface area contributed by atoms with Crippen LogP contribution in [0.15, 0.2) is 67.1 Å². The van der Waals surface area contributed by atoms with Gasteiger partial charge in [0.05, 0.1) is 24.1 Å². The molecule has 0 fully saturated rings. The number of benzene rings is 2. The Bertz CT molecular complexity index is 1360. The summed E-state index contributed by atoms with van der Waals surface area (Å²) in [6.07, 6.45) is 0.460. The molecular weight excluding hydrogens is 473 g/mol. The summed E-state index contributed by atoms with van der Waals surface area (Å²) in [4.78, 5) is 17.1. The van der Waals surface area contributed by atoms with Gasteiger partial charge in [-0.05, 0) is 55.0 Å². The van der Waals surface area contributed by atoms with Gasteiger partial charge in [-0.1, -0.05) is 11.3 Å². The van der Waals surface area contributed by atoms with Crippen LogP contribution in [0.25, 0.3) is 16.9 Å². The predicted molar refractivity (Wildman–Crippen MR) is 129 cm³/mol. The van der Waals surface area contributed by atoms with Gasteiger partial charge in [0.2, 0.25) is 0 Å². The smallest absolute Gasteiger partial charge is 0.383 e. The van der Waals surface area contributed by atoms with Gasteiger partial charge < -0.3 is 15.4 Å². The number of carbonyl (C=O) groups excluding carboxylic acids is 1. The number of aromatic nitrogens is 4. The molecule has 2 heterocycles. The predicted octanol–water partition coefficient (Wildman–Crippen LogP) is 4.97. The minimum Gasteiger partial charge on any atom is -0.383 e. The van der Waals surface area contributed by atoms with Crippen molar-refractivity contribution in [2.45, 2.75) is 13.1 Å². The molecule has 2 aromatic heterocycles. The minimum atomic E-state index is -4.57. The van der Waals surface area contributed by atoms with Crippen molar-refractivity contribution >= 4 is 17.3 Å². The van der Waals surface area contributed by atoms with Crippen LogP contribution in [0, 0.1) is 6.92 Å². The van der Waals surface area contributed by atoms with E-state index in [0.29, 0.717) is 24.5 Å². The van der Waals surface area contributed by atoms with Gasteiger partial charge in [0.15, 0.2) is 0 Å². The van der Waals surface area contributed by atoms with Crippen LogP contribution in [0.4, 0.5) is 24.5 Å². The van der Waals surface area contributed by atoms with E-state index in [1.54, 1.807) is 42.9 Å². The van der Waals surface area contributed by atoms with Crippen molar-refractivity contribution in [2.75, 3.05) is 30.9 Å². The third-order valence-electron chi connectivity index (χ3n) is 5.32. The maximum absolute atomic E-state index is 13.4. The number of rotatable bonds is 8. The Labute approximate surface area is 205 Å². The van der Waals surface area contributed by atoms with Crippen molar-refractivity contribution in [3.05, 3.63) is 83.8 Å². The van der Waals surface area contributed by atoms with Crippen LogP contribution in [-0.4, -0.2) is 46.1 Å². The Hall–Kier alpha value is -4.25. The SMILES string of the molecule is COCCNc1cc(NC(=O)c2ccc(C)c(-n3cc(-c4cccnc4)nn3)c2)cc(C(F)(F)F)c1. The molecule has 0 spiro atoms. The monoisotopic (exact) mass is 496 g/mol. The lowest BCUT2D eigenvalue weighted by Gasteiger charge is -2.15. The van der Waals surface area contributed by atoms with Crippen LogP contribution in [0.2, 0.25) is 0 Å². The molecule has 2 N–H and O–H groups in total. The third-order valence-corrected chi connectivity index (χ3v) is 5.32. The number of alkyl halides is 3. The molecule has 1 amide bonds. The lowest BCUT2D eigenvalue weighted by Crippen LogP contribution is -2.15. The summed E-state index contributed by atoms with van der Waals surface area (Å²) >= 11 is 0. The van der Waals surface area contributed by atoms with Crippen LogP contribution < -0.4 is 10.6 Å². The number of amides is 1. The average molecular weight is 496 g/mol. The zero-order valence-corrected chi connectivity index (χ0v) is 19.5. The Morgan fingerprint density at radius 2 is 1.92 bits per heavy atom. The summed E-state index contributed by atoms with van der Waals surface area (Å²) < 4.78 is 46.7. The molecule has 2 aromatic carbocycles. The maximum Gasteiger partial charge on any atom is 0.416 e. The van der Waals surface area contributed by atoms with Crippen molar-refractivity contribution in [3.63, 3.8) is 0 Å². The maximum atomic E-state index is 13.4. The van der Waals surface area contributed by atoms with Crippen LogP contribution in [0.3, 0.4) is 0 Å². The van der Waals surface area contributed by atoms with Crippen molar-refractivity contribution < 1.29 is 22.7 Å². The highest BCUT2D eigenvalue weighted by molar-refractivity contribution is 6.05. The molecule has 0 aliphatic heterocycles. The van der Waals surface area contributed by atoms with Crippen molar-refractivity contribution in [2.24, 2.45) is 0 Å². The topological polar surface area (TPSA) is 94.0 Å². The molecule has 0 saturated heterocycles. The number of aryl methyl sites for hydroxylation is 1. The minimum absolute atomic E-state index is 0.0106. The van der Waals surface area contributed by atoms with E-state index in [4.69, 9.17) is 4.74 Å². The number of nitrogens with zero attached hydrogens (tertiary/aromatic N) is 4. The van der Waals surface area contributed by atoms with E-state index in [-0.39, 0.29) is 16.9 Å². The summed E-state index contributed by atoms with van der Waals surface area (Å²) in [7, 11) is 1.49. The number of halogens is 3. The lowest BCUT2D eigenvalue weighted by molar-refractivity contribution is -0.137. The van der Waals surface area contributed by atoms with Crippen LogP contribution in [0.5, 0.6) is 0 Å². The summed E-state index contributed by atoms with van der Waals surface area (Å²) in [6, 6.07) is 11.9. The summed E-state index contributed by atoms with van der Waals surface area (Å²) in [5, 5.41) is 13.8. The molecule has 0 bridgehead atoms. The first-order valence-corrected chi connectivity index (χ1v) is 10.9. The quantitative estimate of drug-likeness (QED) is 0.335. The van der Waals surface area contributed by atoms with Crippen LogP contribution >= 0.6 is 0 Å². The van der Waals surface area contributed by atoms with Gasteiger partial charge in [-0.3, -0.25) is 9.78 Å². The largest absolute Gasteiger partial charge is 0.416 e. The van der Waals surface area contributed by atoms with Gasteiger partial charge in [0.25, 0.3) is 5.91 Å². The van der Waals surface area contributed by atoms with Crippen molar-refractivity contribution in [1.82, 2.24) is 20.0 Å². The van der Waals surface area contributed by atoms with Gasteiger partial charge in [-0.2, -0.15) is 13.2 Å². The van der Waals surface area contributed by atoms with E-state index in [2.05, 4.69) is 25.9 Å². The highest BCUT2D eigenvalue weighted by Crippen LogP contribution is 2.33. The molecule has 36 heavy (non-hydrogen) atoms. The number of hydrogen-bond donors (Lipinski definition) is 2. The summed E-state index contributed by atoms with van der Waals surface area (Å²) in [6.45, 7) is 2.48. The van der Waals surface area contributed by atoms with Crippen LogP contribution in [0.1, 0.15) is 21.5 Å². The Morgan fingerprint density at radius 1 is 1.11 bits per heavy atom. The summed E-state index contributed by atoms with van der Waals surface area (Å²) in [5.74, 6) is -0.564. The number of nitrogens with one attached hydrogen (secondary N) is 2. The first-order chi connectivity index (χ1) is 17.2. The van der Waals surface area contributed by atoms with Crippen molar-refractivity contribution in [3.8, 4) is 16.9 Å². The second kappa shape index (κ2) is 10.6. The molecule has 4 aromatic rings. The molecule has 11 heteroatoms. The molecule has 0 aliphatic rings. The fourth-order valence-electron chi connectivity index (χ4n) is 3.49. The van der Waals surface area contributed by atoms with E-state index < -0.39 is 17.6 Å². The normalized spacial score (nSPS) is 11.4. The van der Waals surface area contributed by atoms with E-state index >= 15 is 0 Å². The molecular formula is C25H23F3N6O2.